The van der Waals surface area contributed by atoms with Crippen LogP contribution in [0.15, 0.2) is 31.0 Å². The van der Waals surface area contributed by atoms with Gasteiger partial charge in [0.05, 0.1) is 6.33 Å². The third-order valence-electron chi connectivity index (χ3n) is 6.01. The van der Waals surface area contributed by atoms with Crippen LogP contribution in [0.3, 0.4) is 0 Å². The summed E-state index contributed by atoms with van der Waals surface area (Å²) in [5.74, 6) is 1.38. The van der Waals surface area contributed by atoms with E-state index in [0.717, 1.165) is 44.1 Å². The molecule has 1 amide bonds. The number of likely N-dealkylation sites (tertiary alicyclic amines) is 1. The summed E-state index contributed by atoms with van der Waals surface area (Å²) >= 11 is 0. The van der Waals surface area contributed by atoms with Crippen molar-refractivity contribution in [3.63, 3.8) is 0 Å². The number of aromatic amines is 2. The molecule has 3 aromatic rings. The zero-order valence-electron chi connectivity index (χ0n) is 16.1. The average molecular weight is 380 g/mol. The van der Waals surface area contributed by atoms with Crippen molar-refractivity contribution in [3.05, 3.63) is 36.7 Å². The number of hydrogen-bond donors (Lipinski definition) is 2. The van der Waals surface area contributed by atoms with Gasteiger partial charge in [0.15, 0.2) is 11.5 Å². The molecule has 0 bridgehead atoms. The quantitative estimate of drug-likeness (QED) is 0.696. The molecule has 2 saturated heterocycles. The second-order valence-corrected chi connectivity index (χ2v) is 8.25. The first-order valence-electron chi connectivity index (χ1n) is 9.52. The lowest BCUT2D eigenvalue weighted by molar-refractivity contribution is 0.0760. The molecule has 0 aromatic carbocycles. The Morgan fingerprint density at radius 3 is 2.93 bits per heavy atom. The number of amides is 1. The number of anilines is 1. The van der Waals surface area contributed by atoms with E-state index in [9.17, 15) is 4.79 Å². The predicted molar refractivity (Wildman–Crippen MR) is 105 cm³/mol. The lowest BCUT2D eigenvalue weighted by atomic mass is 9.80. The Balaban J connectivity index is 1.44. The Morgan fingerprint density at radius 1 is 1.25 bits per heavy atom. The number of hydrogen-bond acceptors (Lipinski definition) is 6. The van der Waals surface area contributed by atoms with E-state index < -0.39 is 0 Å². The Kier molecular flexibility index (Phi) is 3.87. The van der Waals surface area contributed by atoms with Gasteiger partial charge in [-0.2, -0.15) is 0 Å². The highest BCUT2D eigenvalue weighted by atomic mass is 16.2. The maximum absolute atomic E-state index is 12.9. The molecular weight excluding hydrogens is 356 g/mol. The second kappa shape index (κ2) is 6.30. The molecule has 2 aliphatic rings. The first-order chi connectivity index (χ1) is 13.6. The number of nitrogens with zero attached hydrogens (tertiary/aromatic N) is 6. The van der Waals surface area contributed by atoms with Crippen molar-refractivity contribution in [2.45, 2.75) is 0 Å². The Hall–Kier alpha value is -2.94. The first kappa shape index (κ1) is 17.2. The van der Waals surface area contributed by atoms with Gasteiger partial charge in [-0.3, -0.25) is 4.79 Å². The highest BCUT2D eigenvalue weighted by molar-refractivity contribution is 5.92. The van der Waals surface area contributed by atoms with Crippen molar-refractivity contribution in [3.8, 4) is 0 Å². The van der Waals surface area contributed by atoms with Gasteiger partial charge in [-0.1, -0.05) is 0 Å². The van der Waals surface area contributed by atoms with Crippen molar-refractivity contribution in [2.75, 3.05) is 51.7 Å². The van der Waals surface area contributed by atoms with Crippen LogP contribution in [0, 0.1) is 11.3 Å². The van der Waals surface area contributed by atoms with Gasteiger partial charge in [-0.15, -0.1) is 0 Å². The molecule has 2 N–H and O–H groups in total. The van der Waals surface area contributed by atoms with Crippen LogP contribution in [-0.4, -0.2) is 87.4 Å². The summed E-state index contributed by atoms with van der Waals surface area (Å²) in [5.41, 5.74) is 2.24. The van der Waals surface area contributed by atoms with Crippen LogP contribution in [0.2, 0.25) is 0 Å². The first-order valence-corrected chi connectivity index (χ1v) is 9.52. The molecule has 0 spiro atoms. The monoisotopic (exact) mass is 380 g/mol. The molecule has 146 valence electrons. The SMILES string of the molecule is CN(C)C[C@@]12CN(C(=O)c3ccc[nH]3)C[C@@H]1CN(c1ncnc3nc[nH]c13)C2. The van der Waals surface area contributed by atoms with Gasteiger partial charge in [0.25, 0.3) is 5.91 Å². The molecule has 28 heavy (non-hydrogen) atoms. The fraction of sp³-hybridized carbons (Fsp3) is 0.474. The predicted octanol–water partition coefficient (Wildman–Crippen LogP) is 0.821. The molecule has 2 aliphatic heterocycles. The third-order valence-corrected chi connectivity index (χ3v) is 6.01. The van der Waals surface area contributed by atoms with E-state index in [0.29, 0.717) is 17.3 Å². The normalized spacial score (nSPS) is 24.5. The summed E-state index contributed by atoms with van der Waals surface area (Å²) in [4.78, 5) is 38.7. The zero-order chi connectivity index (χ0) is 19.3. The summed E-state index contributed by atoms with van der Waals surface area (Å²) < 4.78 is 0. The fourth-order valence-corrected chi connectivity index (χ4v) is 4.98. The minimum Gasteiger partial charge on any atom is -0.357 e. The summed E-state index contributed by atoms with van der Waals surface area (Å²) in [7, 11) is 4.20. The lowest BCUT2D eigenvalue weighted by Gasteiger charge is -2.32. The van der Waals surface area contributed by atoms with E-state index in [1.54, 1.807) is 18.9 Å². The van der Waals surface area contributed by atoms with E-state index in [4.69, 9.17) is 0 Å². The molecule has 5 rings (SSSR count). The third kappa shape index (κ3) is 2.65. The molecule has 2 atom stereocenters. The number of H-pyrrole nitrogens is 2. The molecular formula is C19H24N8O. The fourth-order valence-electron chi connectivity index (χ4n) is 4.98. The molecule has 0 unspecified atom stereocenters. The Labute approximate surface area is 162 Å². The van der Waals surface area contributed by atoms with E-state index in [2.05, 4.69) is 48.8 Å². The number of fused-ring (bicyclic) bond motifs is 2. The van der Waals surface area contributed by atoms with Gasteiger partial charge in [-0.25, -0.2) is 15.0 Å². The van der Waals surface area contributed by atoms with Crippen molar-refractivity contribution in [1.29, 1.82) is 0 Å². The van der Waals surface area contributed by atoms with Gasteiger partial charge in [0.1, 0.15) is 17.5 Å². The van der Waals surface area contributed by atoms with E-state index >= 15 is 0 Å². The van der Waals surface area contributed by atoms with Crippen molar-refractivity contribution in [2.24, 2.45) is 11.3 Å². The van der Waals surface area contributed by atoms with Crippen molar-refractivity contribution in [1.82, 2.24) is 34.7 Å². The Bertz CT molecular complexity index is 996. The van der Waals surface area contributed by atoms with E-state index in [-0.39, 0.29) is 11.3 Å². The molecule has 2 fully saturated rings. The number of aromatic nitrogens is 5. The summed E-state index contributed by atoms with van der Waals surface area (Å²) in [6.07, 6.45) is 5.03. The van der Waals surface area contributed by atoms with Gasteiger partial charge in [-0.05, 0) is 26.2 Å². The number of rotatable bonds is 4. The number of nitrogens with one attached hydrogen (secondary N) is 2. The van der Waals surface area contributed by atoms with Crippen LogP contribution in [-0.2, 0) is 0 Å². The highest BCUT2D eigenvalue weighted by Gasteiger charge is 2.54. The van der Waals surface area contributed by atoms with Crippen LogP contribution in [0.1, 0.15) is 10.5 Å². The summed E-state index contributed by atoms with van der Waals surface area (Å²) in [6.45, 7) is 4.17. The topological polar surface area (TPSA) is 97.0 Å². The molecule has 9 heteroatoms. The molecule has 0 saturated carbocycles. The minimum absolute atomic E-state index is 0.0169. The van der Waals surface area contributed by atoms with Crippen molar-refractivity contribution < 1.29 is 4.79 Å². The van der Waals surface area contributed by atoms with Crippen LogP contribution in [0.25, 0.3) is 11.2 Å². The number of imidazole rings is 1. The lowest BCUT2D eigenvalue weighted by Crippen LogP contribution is -2.43. The molecule has 3 aromatic heterocycles. The van der Waals surface area contributed by atoms with Gasteiger partial charge in [0.2, 0.25) is 0 Å². The minimum atomic E-state index is 0.0169. The van der Waals surface area contributed by atoms with Crippen LogP contribution in [0.5, 0.6) is 0 Å². The van der Waals surface area contributed by atoms with Crippen LogP contribution >= 0.6 is 0 Å². The maximum atomic E-state index is 12.9. The maximum Gasteiger partial charge on any atom is 0.270 e. The molecule has 9 nitrogen and oxygen atoms in total. The second-order valence-electron chi connectivity index (χ2n) is 8.25. The summed E-state index contributed by atoms with van der Waals surface area (Å²) in [5, 5.41) is 0. The Morgan fingerprint density at radius 2 is 2.14 bits per heavy atom. The summed E-state index contributed by atoms with van der Waals surface area (Å²) in [6, 6.07) is 3.71. The van der Waals surface area contributed by atoms with Gasteiger partial charge in [0, 0.05) is 50.3 Å². The standard InChI is InChI=1S/C19H24N8O/c1-25(2)8-19-9-26(17-15-16(22-11-21-15)23-12-24-17)6-13(19)7-27(10-19)18(28)14-4-3-5-20-14/h3-5,11-13,20H,6-10H2,1-2H3,(H,21,22,23,24)/t13-,19+/m0/s1. The van der Waals surface area contributed by atoms with E-state index in [1.807, 2.05) is 17.0 Å². The van der Waals surface area contributed by atoms with E-state index in [1.165, 1.54) is 0 Å². The zero-order valence-corrected chi connectivity index (χ0v) is 16.1. The molecule has 5 heterocycles. The number of carbonyl (C=O) groups excluding carboxylic acids is 1. The number of carbonyl (C=O) groups is 1. The largest absolute Gasteiger partial charge is 0.357 e. The highest BCUT2D eigenvalue weighted by Crippen LogP contribution is 2.45. The van der Waals surface area contributed by atoms with Crippen LogP contribution in [0.4, 0.5) is 5.82 Å². The van der Waals surface area contributed by atoms with Crippen molar-refractivity contribution >= 4 is 22.9 Å². The molecule has 0 aliphatic carbocycles. The molecule has 0 radical (unpaired) electrons. The van der Waals surface area contributed by atoms with Gasteiger partial charge >= 0.3 is 0 Å². The average Bonchev–Trinajstić information content (AvgIpc) is 3.42. The smallest absolute Gasteiger partial charge is 0.270 e. The van der Waals surface area contributed by atoms with Crippen LogP contribution < -0.4 is 4.90 Å². The van der Waals surface area contributed by atoms with Gasteiger partial charge < -0.3 is 24.7 Å².